The summed E-state index contributed by atoms with van der Waals surface area (Å²) in [4.78, 5) is 29.7. The number of carboxylic acid groups (broad SMARTS) is 1. The van der Waals surface area contributed by atoms with E-state index < -0.39 is 11.5 Å². The van der Waals surface area contributed by atoms with Crippen molar-refractivity contribution in [3.8, 4) is 17.1 Å². The van der Waals surface area contributed by atoms with Crippen LogP contribution < -0.4 is 4.74 Å². The van der Waals surface area contributed by atoms with Crippen LogP contribution in [0.3, 0.4) is 0 Å². The third-order valence-corrected chi connectivity index (χ3v) is 4.85. The van der Waals surface area contributed by atoms with E-state index in [2.05, 4.69) is 10.1 Å². The zero-order valence-corrected chi connectivity index (χ0v) is 15.5. The van der Waals surface area contributed by atoms with Gasteiger partial charge in [-0.2, -0.15) is 4.98 Å². The van der Waals surface area contributed by atoms with Gasteiger partial charge in [-0.1, -0.05) is 5.16 Å². The average Bonchev–Trinajstić information content (AvgIpc) is 3.28. The molecule has 1 amide bonds. The van der Waals surface area contributed by atoms with Crippen molar-refractivity contribution in [1.82, 2.24) is 15.0 Å². The number of benzene rings is 1. The molecule has 1 unspecified atom stereocenters. The van der Waals surface area contributed by atoms with E-state index in [9.17, 15) is 14.7 Å². The van der Waals surface area contributed by atoms with Crippen LogP contribution in [0.2, 0.25) is 0 Å². The molecular formula is C19H23N3O5. The normalized spacial score (nSPS) is 19.3. The second kappa shape index (κ2) is 7.77. The first-order valence-electron chi connectivity index (χ1n) is 9.03. The molecule has 1 aliphatic heterocycles. The minimum Gasteiger partial charge on any atom is -0.494 e. The van der Waals surface area contributed by atoms with Crippen molar-refractivity contribution in [3.05, 3.63) is 30.2 Å². The highest BCUT2D eigenvalue weighted by Gasteiger charge is 2.45. The summed E-state index contributed by atoms with van der Waals surface area (Å²) in [5.74, 6) is 0.380. The van der Waals surface area contributed by atoms with Crippen LogP contribution in [-0.4, -0.2) is 50.7 Å². The number of carbonyl (C=O) groups excluding carboxylic acids is 1. The Balaban J connectivity index is 1.61. The molecule has 3 rings (SSSR count). The van der Waals surface area contributed by atoms with Crippen LogP contribution in [0.15, 0.2) is 28.8 Å². The summed E-state index contributed by atoms with van der Waals surface area (Å²) >= 11 is 0. The van der Waals surface area contributed by atoms with Crippen molar-refractivity contribution in [2.45, 2.75) is 45.1 Å². The summed E-state index contributed by atoms with van der Waals surface area (Å²) in [7, 11) is 0. The van der Waals surface area contributed by atoms with E-state index >= 15 is 0 Å². The fraction of sp³-hybridized carbons (Fsp3) is 0.474. The molecule has 8 heteroatoms. The molecule has 0 aliphatic carbocycles. The van der Waals surface area contributed by atoms with E-state index in [1.165, 1.54) is 4.90 Å². The zero-order valence-electron chi connectivity index (χ0n) is 15.5. The number of ether oxygens (including phenoxy) is 1. The lowest BCUT2D eigenvalue weighted by Gasteiger charge is -2.31. The number of amides is 1. The Hall–Kier alpha value is -2.90. The highest BCUT2D eigenvalue weighted by Crippen LogP contribution is 2.30. The van der Waals surface area contributed by atoms with Crippen molar-refractivity contribution in [2.75, 3.05) is 13.2 Å². The third kappa shape index (κ3) is 3.94. The molecule has 2 heterocycles. The summed E-state index contributed by atoms with van der Waals surface area (Å²) in [5.41, 5.74) is -0.336. The fourth-order valence-corrected chi connectivity index (χ4v) is 3.27. The number of rotatable bonds is 7. The van der Waals surface area contributed by atoms with Crippen LogP contribution in [0.25, 0.3) is 11.4 Å². The van der Waals surface area contributed by atoms with Gasteiger partial charge in [0.1, 0.15) is 11.3 Å². The van der Waals surface area contributed by atoms with Gasteiger partial charge in [-0.05, 0) is 51.0 Å². The van der Waals surface area contributed by atoms with Gasteiger partial charge >= 0.3 is 5.97 Å². The Morgan fingerprint density at radius 3 is 2.74 bits per heavy atom. The summed E-state index contributed by atoms with van der Waals surface area (Å²) in [6, 6.07) is 7.34. The molecule has 0 bridgehead atoms. The standard InChI is InChI=1S/C19H23N3O5/c1-3-26-14-7-5-13(6-8-14)17-20-15(27-21-17)9-10-16(23)22-12-4-11-19(22,2)18(24)25/h5-8H,3-4,9-12H2,1-2H3,(H,24,25). The Morgan fingerprint density at radius 2 is 2.07 bits per heavy atom. The molecule has 1 saturated heterocycles. The number of aliphatic carboxylic acids is 1. The summed E-state index contributed by atoms with van der Waals surface area (Å²) in [6.45, 7) is 4.57. The van der Waals surface area contributed by atoms with E-state index in [0.717, 1.165) is 11.3 Å². The summed E-state index contributed by atoms with van der Waals surface area (Å²) in [5, 5.41) is 13.4. The molecule has 1 fully saturated rings. The van der Waals surface area contributed by atoms with Gasteiger partial charge in [0.2, 0.25) is 17.6 Å². The molecule has 144 valence electrons. The number of aromatic nitrogens is 2. The quantitative estimate of drug-likeness (QED) is 0.795. The first-order chi connectivity index (χ1) is 12.9. The number of carbonyl (C=O) groups is 2. The van der Waals surface area contributed by atoms with Crippen LogP contribution in [0.5, 0.6) is 5.75 Å². The van der Waals surface area contributed by atoms with Gasteiger partial charge in [0.15, 0.2) is 0 Å². The van der Waals surface area contributed by atoms with E-state index in [1.54, 1.807) is 6.92 Å². The van der Waals surface area contributed by atoms with Gasteiger partial charge in [0.25, 0.3) is 0 Å². The van der Waals surface area contributed by atoms with E-state index in [1.807, 2.05) is 31.2 Å². The predicted molar refractivity (Wildman–Crippen MR) is 96.2 cm³/mol. The van der Waals surface area contributed by atoms with Crippen LogP contribution in [0.1, 0.15) is 39.0 Å². The van der Waals surface area contributed by atoms with E-state index in [-0.39, 0.29) is 18.7 Å². The largest absolute Gasteiger partial charge is 0.494 e. The van der Waals surface area contributed by atoms with Crippen molar-refractivity contribution < 1.29 is 24.0 Å². The third-order valence-electron chi connectivity index (χ3n) is 4.85. The van der Waals surface area contributed by atoms with Crippen molar-refractivity contribution in [1.29, 1.82) is 0 Å². The van der Waals surface area contributed by atoms with Gasteiger partial charge in [0.05, 0.1) is 6.61 Å². The van der Waals surface area contributed by atoms with Gasteiger partial charge in [-0.3, -0.25) is 4.79 Å². The lowest BCUT2D eigenvalue weighted by molar-refractivity contribution is -0.155. The molecule has 1 aliphatic rings. The van der Waals surface area contributed by atoms with E-state index in [4.69, 9.17) is 9.26 Å². The molecule has 27 heavy (non-hydrogen) atoms. The topological polar surface area (TPSA) is 106 Å². The van der Waals surface area contributed by atoms with Crippen LogP contribution >= 0.6 is 0 Å². The predicted octanol–water partition coefficient (Wildman–Crippen LogP) is 2.53. The first kappa shape index (κ1) is 18.9. The van der Waals surface area contributed by atoms with Gasteiger partial charge in [-0.15, -0.1) is 0 Å². The Kier molecular flexibility index (Phi) is 5.43. The Labute approximate surface area is 157 Å². The summed E-state index contributed by atoms with van der Waals surface area (Å²) < 4.78 is 10.6. The first-order valence-corrected chi connectivity index (χ1v) is 9.03. The fourth-order valence-electron chi connectivity index (χ4n) is 3.27. The van der Waals surface area contributed by atoms with Crippen LogP contribution in [-0.2, 0) is 16.0 Å². The highest BCUT2D eigenvalue weighted by molar-refractivity contribution is 5.87. The number of nitrogens with zero attached hydrogens (tertiary/aromatic N) is 3. The number of likely N-dealkylation sites (tertiary alicyclic amines) is 1. The molecule has 1 aromatic heterocycles. The number of carboxylic acids is 1. The second-order valence-corrected chi connectivity index (χ2v) is 6.70. The lowest BCUT2D eigenvalue weighted by Crippen LogP contribution is -2.50. The Morgan fingerprint density at radius 1 is 1.33 bits per heavy atom. The number of hydrogen-bond acceptors (Lipinski definition) is 6. The maximum Gasteiger partial charge on any atom is 0.329 e. The van der Waals surface area contributed by atoms with Crippen molar-refractivity contribution >= 4 is 11.9 Å². The maximum absolute atomic E-state index is 12.5. The zero-order chi connectivity index (χ0) is 19.4. The molecule has 0 spiro atoms. The molecule has 0 saturated carbocycles. The number of aryl methyl sites for hydroxylation is 1. The highest BCUT2D eigenvalue weighted by atomic mass is 16.5. The summed E-state index contributed by atoms with van der Waals surface area (Å²) in [6.07, 6.45) is 1.57. The Bertz CT molecular complexity index is 817. The van der Waals surface area contributed by atoms with Gasteiger partial charge in [0, 0.05) is 24.9 Å². The molecular weight excluding hydrogens is 350 g/mol. The van der Waals surface area contributed by atoms with Gasteiger partial charge < -0.3 is 19.3 Å². The minimum atomic E-state index is -1.13. The number of hydrogen-bond donors (Lipinski definition) is 1. The van der Waals surface area contributed by atoms with Crippen LogP contribution in [0, 0.1) is 0 Å². The monoisotopic (exact) mass is 373 g/mol. The molecule has 2 aromatic rings. The average molecular weight is 373 g/mol. The van der Waals surface area contributed by atoms with Crippen molar-refractivity contribution in [3.63, 3.8) is 0 Å². The van der Waals surface area contributed by atoms with E-state index in [0.29, 0.717) is 37.7 Å². The molecule has 1 N–H and O–H groups in total. The minimum absolute atomic E-state index is 0.133. The van der Waals surface area contributed by atoms with Crippen molar-refractivity contribution in [2.24, 2.45) is 0 Å². The molecule has 8 nitrogen and oxygen atoms in total. The van der Waals surface area contributed by atoms with Crippen LogP contribution in [0.4, 0.5) is 0 Å². The molecule has 0 radical (unpaired) electrons. The SMILES string of the molecule is CCOc1ccc(-c2noc(CCC(=O)N3CCCC3(C)C(=O)O)n2)cc1. The smallest absolute Gasteiger partial charge is 0.329 e. The second-order valence-electron chi connectivity index (χ2n) is 6.70. The maximum atomic E-state index is 12.5. The lowest BCUT2D eigenvalue weighted by atomic mass is 9.99. The van der Waals surface area contributed by atoms with Gasteiger partial charge in [-0.25, -0.2) is 4.79 Å². The molecule has 1 aromatic carbocycles. The molecule has 1 atom stereocenters.